The van der Waals surface area contributed by atoms with Crippen molar-refractivity contribution in [1.82, 2.24) is 10.6 Å². The molecule has 0 fully saturated rings. The highest BCUT2D eigenvalue weighted by Crippen LogP contribution is 2.29. The van der Waals surface area contributed by atoms with Crippen molar-refractivity contribution in [3.63, 3.8) is 0 Å². The number of aliphatic imine (C=N–C) groups is 1. The molecule has 1 unspecified atom stereocenters. The van der Waals surface area contributed by atoms with Gasteiger partial charge in [0.1, 0.15) is 6.07 Å². The van der Waals surface area contributed by atoms with Gasteiger partial charge in [0.2, 0.25) is 0 Å². The molecule has 0 saturated heterocycles. The van der Waals surface area contributed by atoms with Crippen LogP contribution in [0, 0.1) is 11.3 Å². The van der Waals surface area contributed by atoms with Gasteiger partial charge in [-0.3, -0.25) is 4.99 Å². The van der Waals surface area contributed by atoms with Gasteiger partial charge in [0.15, 0.2) is 23.6 Å². The van der Waals surface area contributed by atoms with Crippen LogP contribution in [0.1, 0.15) is 18.9 Å². The number of benzene rings is 1. The van der Waals surface area contributed by atoms with Crippen molar-refractivity contribution >= 4 is 5.96 Å². The van der Waals surface area contributed by atoms with E-state index in [1.54, 1.807) is 21.2 Å². The maximum Gasteiger partial charge on any atom is 0.190 e. The fraction of sp³-hybridized carbons (Fsp3) is 0.467. The molecule has 114 valence electrons. The van der Waals surface area contributed by atoms with Gasteiger partial charge < -0.3 is 20.1 Å². The molecule has 0 saturated carbocycles. The minimum absolute atomic E-state index is 0.479. The highest BCUT2D eigenvalue weighted by molar-refractivity contribution is 5.79. The van der Waals surface area contributed by atoms with Crippen molar-refractivity contribution in [2.75, 3.05) is 21.2 Å². The Morgan fingerprint density at radius 3 is 2.71 bits per heavy atom. The van der Waals surface area contributed by atoms with Gasteiger partial charge in [0.05, 0.1) is 7.11 Å². The fourth-order valence-electron chi connectivity index (χ4n) is 1.74. The topological polar surface area (TPSA) is 78.7 Å². The predicted octanol–water partition coefficient (Wildman–Crippen LogP) is 1.67. The fourth-order valence-corrected chi connectivity index (χ4v) is 1.74. The second-order valence-electron chi connectivity index (χ2n) is 4.30. The summed E-state index contributed by atoms with van der Waals surface area (Å²) in [6, 6.07) is 7.76. The third-order valence-electron chi connectivity index (χ3n) is 2.93. The average Bonchev–Trinajstić information content (AvgIpc) is 2.53. The molecule has 6 heteroatoms. The number of hydrogen-bond acceptors (Lipinski definition) is 4. The van der Waals surface area contributed by atoms with Crippen LogP contribution in [0.15, 0.2) is 23.2 Å². The first-order valence-corrected chi connectivity index (χ1v) is 6.80. The molecule has 6 nitrogen and oxygen atoms in total. The zero-order chi connectivity index (χ0) is 15.7. The summed E-state index contributed by atoms with van der Waals surface area (Å²) in [6.07, 6.45) is 0.140. The molecular weight excluding hydrogens is 268 g/mol. The normalized spacial score (nSPS) is 12.2. The van der Waals surface area contributed by atoms with Gasteiger partial charge in [-0.05, 0) is 24.1 Å². The molecule has 0 aliphatic heterocycles. The Kier molecular flexibility index (Phi) is 6.88. The molecule has 0 radical (unpaired) electrons. The summed E-state index contributed by atoms with van der Waals surface area (Å²) in [5, 5.41) is 15.1. The SMILES string of the molecule is CCC(C#N)Oc1cc(CNC(=NC)NC)ccc1OC. The third kappa shape index (κ3) is 4.88. The number of rotatable bonds is 6. The predicted molar refractivity (Wildman–Crippen MR) is 82.6 cm³/mol. The maximum atomic E-state index is 9.01. The van der Waals surface area contributed by atoms with E-state index < -0.39 is 6.10 Å². The highest BCUT2D eigenvalue weighted by Gasteiger charge is 2.12. The van der Waals surface area contributed by atoms with Crippen molar-refractivity contribution in [3.05, 3.63) is 23.8 Å². The summed E-state index contributed by atoms with van der Waals surface area (Å²) in [4.78, 5) is 4.05. The summed E-state index contributed by atoms with van der Waals surface area (Å²) in [6.45, 7) is 2.50. The minimum atomic E-state index is -0.479. The summed E-state index contributed by atoms with van der Waals surface area (Å²) in [5.41, 5.74) is 1.01. The van der Waals surface area contributed by atoms with Crippen molar-refractivity contribution in [3.8, 4) is 17.6 Å². The summed E-state index contributed by atoms with van der Waals surface area (Å²) >= 11 is 0. The number of hydrogen-bond donors (Lipinski definition) is 2. The van der Waals surface area contributed by atoms with Gasteiger partial charge in [0.25, 0.3) is 0 Å². The third-order valence-corrected chi connectivity index (χ3v) is 2.93. The molecule has 1 aromatic carbocycles. The Bertz CT molecular complexity index is 523. The highest BCUT2D eigenvalue weighted by atomic mass is 16.5. The van der Waals surface area contributed by atoms with Crippen molar-refractivity contribution in [2.24, 2.45) is 4.99 Å². The number of nitriles is 1. The molecule has 1 atom stereocenters. The van der Waals surface area contributed by atoms with Gasteiger partial charge in [-0.2, -0.15) is 5.26 Å². The Morgan fingerprint density at radius 1 is 1.43 bits per heavy atom. The summed E-state index contributed by atoms with van der Waals surface area (Å²) in [5.74, 6) is 1.90. The minimum Gasteiger partial charge on any atom is -0.493 e. The lowest BCUT2D eigenvalue weighted by atomic mass is 10.2. The smallest absolute Gasteiger partial charge is 0.190 e. The second kappa shape index (κ2) is 8.69. The largest absolute Gasteiger partial charge is 0.493 e. The van der Waals surface area contributed by atoms with E-state index in [1.165, 1.54) is 0 Å². The standard InChI is InChI=1S/C15H22N4O2/c1-5-12(9-16)21-14-8-11(6-7-13(14)20-4)10-19-15(17-2)18-3/h6-8,12H,5,10H2,1-4H3,(H2,17,18,19). The van der Waals surface area contributed by atoms with Crippen molar-refractivity contribution in [1.29, 1.82) is 5.26 Å². The maximum absolute atomic E-state index is 9.01. The zero-order valence-electron chi connectivity index (χ0n) is 12.9. The van der Waals surface area contributed by atoms with E-state index in [0.717, 1.165) is 5.56 Å². The summed E-state index contributed by atoms with van der Waals surface area (Å²) < 4.78 is 10.9. The van der Waals surface area contributed by atoms with E-state index in [-0.39, 0.29) is 0 Å². The first kappa shape index (κ1) is 16.6. The van der Waals surface area contributed by atoms with Crippen LogP contribution < -0.4 is 20.1 Å². The van der Waals surface area contributed by atoms with Gasteiger partial charge in [-0.15, -0.1) is 0 Å². The Hall–Kier alpha value is -2.42. The first-order valence-electron chi connectivity index (χ1n) is 6.80. The number of methoxy groups -OCH3 is 1. The van der Waals surface area contributed by atoms with E-state index in [0.29, 0.717) is 30.4 Å². The monoisotopic (exact) mass is 290 g/mol. The van der Waals surface area contributed by atoms with Crippen LogP contribution in [0.25, 0.3) is 0 Å². The molecule has 0 aliphatic carbocycles. The lowest BCUT2D eigenvalue weighted by Crippen LogP contribution is -2.34. The zero-order valence-corrected chi connectivity index (χ0v) is 12.9. The lowest BCUT2D eigenvalue weighted by molar-refractivity contribution is 0.238. The molecule has 2 N–H and O–H groups in total. The molecule has 21 heavy (non-hydrogen) atoms. The molecule has 0 aliphatic rings. The van der Waals surface area contributed by atoms with Gasteiger partial charge in [-0.25, -0.2) is 0 Å². The number of guanidine groups is 1. The quantitative estimate of drug-likeness (QED) is 0.615. The molecule has 0 bridgehead atoms. The van der Waals surface area contributed by atoms with Crippen LogP contribution in [0.5, 0.6) is 11.5 Å². The van der Waals surface area contributed by atoms with Crippen molar-refractivity contribution in [2.45, 2.75) is 26.0 Å². The van der Waals surface area contributed by atoms with Crippen LogP contribution >= 0.6 is 0 Å². The van der Waals surface area contributed by atoms with E-state index in [4.69, 9.17) is 14.7 Å². The van der Waals surface area contributed by atoms with Crippen LogP contribution in [-0.2, 0) is 6.54 Å². The second-order valence-corrected chi connectivity index (χ2v) is 4.30. The van der Waals surface area contributed by atoms with E-state index in [2.05, 4.69) is 21.7 Å². The molecule has 0 spiro atoms. The van der Waals surface area contributed by atoms with E-state index >= 15 is 0 Å². The molecule has 0 heterocycles. The summed E-state index contributed by atoms with van der Waals surface area (Å²) in [7, 11) is 5.09. The van der Waals surface area contributed by atoms with Crippen molar-refractivity contribution < 1.29 is 9.47 Å². The van der Waals surface area contributed by atoms with Gasteiger partial charge >= 0.3 is 0 Å². The lowest BCUT2D eigenvalue weighted by Gasteiger charge is -2.15. The van der Waals surface area contributed by atoms with E-state index in [9.17, 15) is 0 Å². The van der Waals surface area contributed by atoms with Crippen LogP contribution in [0.3, 0.4) is 0 Å². The average molecular weight is 290 g/mol. The Balaban J connectivity index is 2.87. The number of nitrogens with one attached hydrogen (secondary N) is 2. The molecular formula is C15H22N4O2. The molecule has 0 aromatic heterocycles. The molecule has 0 amide bonds. The van der Waals surface area contributed by atoms with Crippen LogP contribution in [0.4, 0.5) is 0 Å². The van der Waals surface area contributed by atoms with E-state index in [1.807, 2.05) is 25.1 Å². The first-order chi connectivity index (χ1) is 10.2. The van der Waals surface area contributed by atoms with Gasteiger partial charge in [-0.1, -0.05) is 13.0 Å². The number of ether oxygens (including phenoxy) is 2. The van der Waals surface area contributed by atoms with Gasteiger partial charge in [0, 0.05) is 20.6 Å². The molecule has 1 aromatic rings. The number of nitrogens with zero attached hydrogens (tertiary/aromatic N) is 2. The Labute approximate surface area is 125 Å². The van der Waals surface area contributed by atoms with Crippen LogP contribution in [0.2, 0.25) is 0 Å². The Morgan fingerprint density at radius 2 is 2.19 bits per heavy atom. The molecule has 1 rings (SSSR count). The van der Waals surface area contributed by atoms with Crippen LogP contribution in [-0.4, -0.2) is 33.3 Å².